The number of methoxy groups -OCH3 is 1. The summed E-state index contributed by atoms with van der Waals surface area (Å²) in [6.45, 7) is 1.47. The van der Waals surface area contributed by atoms with Gasteiger partial charge in [-0.2, -0.15) is 4.68 Å². The molecule has 1 N–H and O–H groups in total. The van der Waals surface area contributed by atoms with Gasteiger partial charge in [0.15, 0.2) is 5.65 Å². The Kier molecular flexibility index (Phi) is 6.80. The van der Waals surface area contributed by atoms with Crippen molar-refractivity contribution in [2.45, 2.75) is 18.9 Å². The zero-order valence-electron chi connectivity index (χ0n) is 22.7. The molecule has 0 saturated carbocycles. The number of hydrogen-bond donors (Lipinski definition) is 1. The van der Waals surface area contributed by atoms with E-state index >= 15 is 4.39 Å². The molecular weight excluding hydrogens is 553 g/mol. The third-order valence-corrected chi connectivity index (χ3v) is 8.67. The molecule has 0 bridgehead atoms. The second kappa shape index (κ2) is 10.9. The highest BCUT2D eigenvalue weighted by Crippen LogP contribution is 2.39. The summed E-state index contributed by atoms with van der Waals surface area (Å²) in [7, 11) is 1.64. The van der Waals surface area contributed by atoms with Crippen LogP contribution in [0.15, 0.2) is 79.1 Å². The Hall–Kier alpha value is -4.74. The van der Waals surface area contributed by atoms with Crippen LogP contribution in [-0.4, -0.2) is 57.1 Å². The van der Waals surface area contributed by atoms with Gasteiger partial charge in [0.2, 0.25) is 0 Å². The fraction of sp³-hybridized carbons (Fsp3) is 0.194. The lowest BCUT2D eigenvalue weighted by atomic mass is 10.0. The molecule has 5 heterocycles. The van der Waals surface area contributed by atoms with E-state index in [2.05, 4.69) is 26.7 Å². The van der Waals surface area contributed by atoms with Gasteiger partial charge in [-0.1, -0.05) is 5.21 Å². The van der Waals surface area contributed by atoms with Gasteiger partial charge in [-0.3, -0.25) is 9.69 Å². The van der Waals surface area contributed by atoms with Crippen molar-refractivity contribution in [1.29, 1.82) is 0 Å². The van der Waals surface area contributed by atoms with E-state index < -0.39 is 11.7 Å². The number of piperidine rings is 1. The summed E-state index contributed by atoms with van der Waals surface area (Å²) in [6, 6.07) is 19.7. The summed E-state index contributed by atoms with van der Waals surface area (Å²) in [5.41, 5.74) is 2.53. The number of halogens is 1. The molecule has 4 aromatic heterocycles. The van der Waals surface area contributed by atoms with E-state index in [0.717, 1.165) is 45.7 Å². The topological polar surface area (TPSA) is 98.1 Å². The largest absolute Gasteiger partial charge is 0.497 e. The summed E-state index contributed by atoms with van der Waals surface area (Å²) in [4.78, 5) is 26.0. The Morgan fingerprint density at radius 3 is 2.76 bits per heavy atom. The van der Waals surface area contributed by atoms with E-state index in [9.17, 15) is 4.79 Å². The van der Waals surface area contributed by atoms with Crippen molar-refractivity contribution >= 4 is 44.3 Å². The highest BCUT2D eigenvalue weighted by molar-refractivity contribution is 7.22. The van der Waals surface area contributed by atoms with Crippen LogP contribution >= 0.6 is 11.3 Å². The fourth-order valence-corrected chi connectivity index (χ4v) is 6.46. The van der Waals surface area contributed by atoms with E-state index in [0.29, 0.717) is 29.2 Å². The Balaban J connectivity index is 1.29. The smallest absolute Gasteiger partial charge is 0.262 e. The molecule has 6 aromatic rings. The number of nitrogens with zero attached hydrogens (tertiary/aromatic N) is 6. The molecule has 1 aliphatic heterocycles. The van der Waals surface area contributed by atoms with Crippen molar-refractivity contribution in [2.24, 2.45) is 0 Å². The maximum Gasteiger partial charge on any atom is 0.262 e. The average Bonchev–Trinajstić information content (AvgIpc) is 3.67. The minimum Gasteiger partial charge on any atom is -0.497 e. The van der Waals surface area contributed by atoms with Crippen molar-refractivity contribution in [1.82, 2.24) is 30.3 Å². The number of carbonyl (C=O) groups is 1. The third-order valence-electron chi connectivity index (χ3n) is 7.52. The van der Waals surface area contributed by atoms with Crippen LogP contribution in [0.4, 0.5) is 10.2 Å². The number of amides is 1. The molecule has 1 atom stereocenters. The second-order valence-electron chi connectivity index (χ2n) is 10.1. The first-order valence-electron chi connectivity index (χ1n) is 13.6. The van der Waals surface area contributed by atoms with E-state index in [1.807, 2.05) is 30.3 Å². The van der Waals surface area contributed by atoms with Gasteiger partial charge < -0.3 is 10.1 Å². The van der Waals surface area contributed by atoms with Crippen LogP contribution in [0.5, 0.6) is 5.75 Å². The summed E-state index contributed by atoms with van der Waals surface area (Å²) in [5, 5.41) is 12.5. The number of carbonyl (C=O) groups excluding carboxylic acids is 1. The highest BCUT2D eigenvalue weighted by Gasteiger charge is 2.32. The van der Waals surface area contributed by atoms with Gasteiger partial charge in [0.25, 0.3) is 5.91 Å². The SMILES string of the molecule is COc1ccc(-c2cc3c(N(C(=O)c4ccc(-n5nnc6cccnc65)cc4F)[C@@H]4CCCNC4)nccc3s2)cc1. The lowest BCUT2D eigenvalue weighted by Gasteiger charge is -2.34. The Morgan fingerprint density at radius 2 is 1.98 bits per heavy atom. The van der Waals surface area contributed by atoms with Crippen LogP contribution < -0.4 is 15.0 Å². The molecule has 0 spiro atoms. The lowest BCUT2D eigenvalue weighted by molar-refractivity contribution is 0.0968. The first-order chi connectivity index (χ1) is 20.6. The highest BCUT2D eigenvalue weighted by atomic mass is 32.1. The van der Waals surface area contributed by atoms with Crippen molar-refractivity contribution in [2.75, 3.05) is 25.1 Å². The number of hydrogen-bond acceptors (Lipinski definition) is 8. The summed E-state index contributed by atoms with van der Waals surface area (Å²) < 4.78 is 23.5. The molecule has 2 aromatic carbocycles. The van der Waals surface area contributed by atoms with Crippen molar-refractivity contribution in [3.05, 3.63) is 90.5 Å². The number of thiophene rings is 1. The van der Waals surface area contributed by atoms with Crippen LogP contribution in [0.25, 0.3) is 37.4 Å². The molecule has 0 unspecified atom stereocenters. The molecular formula is C31H26FN7O2S. The standard InChI is InChI=1S/C31H26FN7O2S/c1-41-22-9-6-19(7-10-22)28-17-24-27(42-28)12-15-35-29(24)38(21-4-2-13-33-18-21)31(40)23-11-8-20(16-25(23)32)39-30-26(36-37-39)5-3-14-34-30/h3,5-12,14-17,21,33H,2,4,13,18H2,1H3/t21-/m1/s1. The van der Waals surface area contributed by atoms with Gasteiger partial charge in [-0.15, -0.1) is 16.4 Å². The molecule has 1 saturated heterocycles. The first-order valence-corrected chi connectivity index (χ1v) is 14.5. The van der Waals surface area contributed by atoms with Crippen LogP contribution in [0.3, 0.4) is 0 Å². The number of ether oxygens (including phenoxy) is 1. The minimum atomic E-state index is -0.651. The lowest BCUT2D eigenvalue weighted by Crippen LogP contribution is -2.49. The van der Waals surface area contributed by atoms with E-state index in [4.69, 9.17) is 9.72 Å². The molecule has 42 heavy (non-hydrogen) atoms. The minimum absolute atomic E-state index is 0.0360. The molecule has 1 fully saturated rings. The van der Waals surface area contributed by atoms with Gasteiger partial charge in [0, 0.05) is 40.0 Å². The number of rotatable bonds is 6. The zero-order chi connectivity index (χ0) is 28.6. The predicted molar refractivity (Wildman–Crippen MR) is 161 cm³/mol. The number of aromatic nitrogens is 5. The molecule has 9 nitrogen and oxygen atoms in total. The number of pyridine rings is 2. The number of benzene rings is 2. The Labute approximate surface area is 244 Å². The van der Waals surface area contributed by atoms with Crippen LogP contribution in [-0.2, 0) is 0 Å². The van der Waals surface area contributed by atoms with E-state index in [1.54, 1.807) is 53.9 Å². The van der Waals surface area contributed by atoms with Crippen molar-refractivity contribution < 1.29 is 13.9 Å². The van der Waals surface area contributed by atoms with Crippen LogP contribution in [0.1, 0.15) is 23.2 Å². The van der Waals surface area contributed by atoms with Gasteiger partial charge in [-0.05, 0) is 85.6 Å². The second-order valence-corrected chi connectivity index (χ2v) is 11.2. The van der Waals surface area contributed by atoms with Crippen molar-refractivity contribution in [3.63, 3.8) is 0 Å². The fourth-order valence-electron chi connectivity index (χ4n) is 5.40. The normalized spacial score (nSPS) is 15.2. The van der Waals surface area contributed by atoms with Crippen molar-refractivity contribution in [3.8, 4) is 21.9 Å². The third kappa shape index (κ3) is 4.66. The molecule has 1 amide bonds. The first kappa shape index (κ1) is 26.2. The maximum absolute atomic E-state index is 15.8. The van der Waals surface area contributed by atoms with Gasteiger partial charge in [0.05, 0.1) is 24.4 Å². The summed E-state index contributed by atoms with van der Waals surface area (Å²) >= 11 is 1.62. The monoisotopic (exact) mass is 579 g/mol. The van der Waals surface area contributed by atoms with Crippen LogP contribution in [0, 0.1) is 5.82 Å². The van der Waals surface area contributed by atoms with Gasteiger partial charge in [-0.25, -0.2) is 14.4 Å². The molecule has 0 radical (unpaired) electrons. The maximum atomic E-state index is 15.8. The summed E-state index contributed by atoms with van der Waals surface area (Å²) in [5.74, 6) is 0.219. The van der Waals surface area contributed by atoms with Crippen LogP contribution in [0.2, 0.25) is 0 Å². The quantitative estimate of drug-likeness (QED) is 0.273. The zero-order valence-corrected chi connectivity index (χ0v) is 23.5. The molecule has 11 heteroatoms. The van der Waals surface area contributed by atoms with E-state index in [1.165, 1.54) is 16.8 Å². The number of nitrogens with one attached hydrogen (secondary N) is 1. The van der Waals surface area contributed by atoms with E-state index in [-0.39, 0.29) is 11.6 Å². The predicted octanol–water partition coefficient (Wildman–Crippen LogP) is 5.64. The van der Waals surface area contributed by atoms with Gasteiger partial charge in [0.1, 0.15) is 22.9 Å². The number of anilines is 1. The van der Waals surface area contributed by atoms with Gasteiger partial charge >= 0.3 is 0 Å². The molecule has 1 aliphatic rings. The summed E-state index contributed by atoms with van der Waals surface area (Å²) in [6.07, 6.45) is 5.02. The number of fused-ring (bicyclic) bond motifs is 2. The average molecular weight is 580 g/mol. The Bertz CT molecular complexity index is 1910. The Morgan fingerprint density at radius 1 is 1.10 bits per heavy atom. The molecule has 210 valence electrons. The molecule has 7 rings (SSSR count). The molecule has 0 aliphatic carbocycles.